The largest absolute Gasteiger partial charge is 0.496 e. The van der Waals surface area contributed by atoms with Crippen LogP contribution in [0, 0.1) is 6.92 Å². The molecule has 0 spiro atoms. The van der Waals surface area contributed by atoms with E-state index in [2.05, 4.69) is 20.8 Å². The lowest BCUT2D eigenvalue weighted by molar-refractivity contribution is -0.137. The molecule has 110 valence electrons. The number of carbonyl (C=O) groups excluding carboxylic acids is 2. The summed E-state index contributed by atoms with van der Waals surface area (Å²) in [5, 5.41) is 0. The average molecular weight is 278 g/mol. The molecule has 4 nitrogen and oxygen atoms in total. The van der Waals surface area contributed by atoms with E-state index < -0.39 is 11.8 Å². The fraction of sp³-hybridized carbons (Fsp3) is 0.500. The van der Waals surface area contributed by atoms with Gasteiger partial charge in [0.15, 0.2) is 0 Å². The number of hydrogen-bond acceptors (Lipinski definition) is 4. The Labute approximate surface area is 120 Å². The summed E-state index contributed by atoms with van der Waals surface area (Å²) in [5.41, 5.74) is 1.96. The van der Waals surface area contributed by atoms with Crippen LogP contribution in [0.15, 0.2) is 12.1 Å². The molecule has 0 aliphatic rings. The molecule has 0 unspecified atom stereocenters. The summed E-state index contributed by atoms with van der Waals surface area (Å²) in [6, 6.07) is 3.51. The van der Waals surface area contributed by atoms with E-state index in [0.717, 1.165) is 11.1 Å². The zero-order valence-corrected chi connectivity index (χ0v) is 13.0. The number of hydrogen-bond donors (Lipinski definition) is 0. The first-order chi connectivity index (χ1) is 9.22. The van der Waals surface area contributed by atoms with Crippen molar-refractivity contribution < 1.29 is 19.1 Å². The molecule has 0 aliphatic heterocycles. The minimum Gasteiger partial charge on any atom is -0.496 e. The Hall–Kier alpha value is -1.84. The summed E-state index contributed by atoms with van der Waals surface area (Å²) in [7, 11) is 1.55. The van der Waals surface area contributed by atoms with Gasteiger partial charge in [0.25, 0.3) is 5.78 Å². The maximum atomic E-state index is 12.1. The third-order valence-corrected chi connectivity index (χ3v) is 3.06. The van der Waals surface area contributed by atoms with Gasteiger partial charge in [0, 0.05) is 5.56 Å². The van der Waals surface area contributed by atoms with Crippen molar-refractivity contribution in [2.24, 2.45) is 0 Å². The van der Waals surface area contributed by atoms with Crippen molar-refractivity contribution in [1.82, 2.24) is 0 Å². The molecule has 0 radical (unpaired) electrons. The van der Waals surface area contributed by atoms with E-state index in [4.69, 9.17) is 9.47 Å². The SMILES string of the molecule is CCOC(=O)C(=O)c1cc(OC)c(C(C)(C)C)cc1C. The molecule has 0 fully saturated rings. The maximum absolute atomic E-state index is 12.1. The van der Waals surface area contributed by atoms with Crippen molar-refractivity contribution in [3.8, 4) is 5.75 Å². The zero-order chi connectivity index (χ0) is 15.5. The Morgan fingerprint density at radius 2 is 1.80 bits per heavy atom. The molecule has 1 aromatic carbocycles. The molecule has 0 saturated carbocycles. The summed E-state index contributed by atoms with van der Waals surface area (Å²) >= 11 is 0. The molecule has 20 heavy (non-hydrogen) atoms. The van der Waals surface area contributed by atoms with Gasteiger partial charge in [-0.05, 0) is 36.5 Å². The van der Waals surface area contributed by atoms with Crippen LogP contribution in [0.4, 0.5) is 0 Å². The topological polar surface area (TPSA) is 52.6 Å². The van der Waals surface area contributed by atoms with Crippen molar-refractivity contribution in [3.63, 3.8) is 0 Å². The van der Waals surface area contributed by atoms with Crippen LogP contribution in [0.5, 0.6) is 5.75 Å². The second-order valence-corrected chi connectivity index (χ2v) is 5.67. The number of esters is 1. The van der Waals surface area contributed by atoms with Gasteiger partial charge in [0.1, 0.15) is 5.75 Å². The van der Waals surface area contributed by atoms with Crippen molar-refractivity contribution in [2.75, 3.05) is 13.7 Å². The number of carbonyl (C=O) groups is 2. The quantitative estimate of drug-likeness (QED) is 0.482. The highest BCUT2D eigenvalue weighted by Crippen LogP contribution is 2.33. The van der Waals surface area contributed by atoms with Gasteiger partial charge >= 0.3 is 5.97 Å². The third kappa shape index (κ3) is 3.38. The predicted molar refractivity (Wildman–Crippen MR) is 77.4 cm³/mol. The molecule has 0 atom stereocenters. The lowest BCUT2D eigenvalue weighted by Crippen LogP contribution is -2.20. The number of ether oxygens (including phenoxy) is 2. The van der Waals surface area contributed by atoms with E-state index in [-0.39, 0.29) is 12.0 Å². The monoisotopic (exact) mass is 278 g/mol. The first-order valence-electron chi connectivity index (χ1n) is 6.63. The van der Waals surface area contributed by atoms with E-state index in [9.17, 15) is 9.59 Å². The molecule has 0 aliphatic carbocycles. The summed E-state index contributed by atoms with van der Waals surface area (Å²) < 4.78 is 10.1. The molecule has 0 bridgehead atoms. The standard InChI is InChI=1S/C16H22O4/c1-7-20-15(18)14(17)11-9-13(19-6)12(8-10(11)2)16(3,4)5/h8-9H,7H2,1-6H3. The van der Waals surface area contributed by atoms with Crippen LogP contribution in [0.2, 0.25) is 0 Å². The summed E-state index contributed by atoms with van der Waals surface area (Å²) in [5.74, 6) is -0.861. The Bertz CT molecular complexity index is 524. The van der Waals surface area contributed by atoms with Crippen molar-refractivity contribution in [3.05, 3.63) is 28.8 Å². The molecule has 0 saturated heterocycles. The number of benzene rings is 1. The van der Waals surface area contributed by atoms with Crippen LogP contribution >= 0.6 is 0 Å². The average Bonchev–Trinajstić information content (AvgIpc) is 2.36. The highest BCUT2D eigenvalue weighted by Gasteiger charge is 2.25. The predicted octanol–water partition coefficient (Wildman–Crippen LogP) is 3.05. The Balaban J connectivity index is 3.31. The highest BCUT2D eigenvalue weighted by atomic mass is 16.5. The number of Topliss-reactive ketones (excluding diaryl/α,β-unsaturated/α-hetero) is 1. The van der Waals surface area contributed by atoms with Crippen LogP contribution in [0.25, 0.3) is 0 Å². The summed E-state index contributed by atoms with van der Waals surface area (Å²) in [6.45, 7) is 9.86. The molecule has 0 heterocycles. The number of rotatable bonds is 4. The minimum atomic E-state index is -0.832. The van der Waals surface area contributed by atoms with Crippen LogP contribution < -0.4 is 4.74 Å². The van der Waals surface area contributed by atoms with Gasteiger partial charge in [-0.25, -0.2) is 4.79 Å². The van der Waals surface area contributed by atoms with Crippen LogP contribution in [0.3, 0.4) is 0 Å². The fourth-order valence-electron chi connectivity index (χ4n) is 1.99. The smallest absolute Gasteiger partial charge is 0.379 e. The molecule has 0 aromatic heterocycles. The molecule has 1 rings (SSSR count). The lowest BCUT2D eigenvalue weighted by atomic mass is 9.84. The van der Waals surface area contributed by atoms with E-state index >= 15 is 0 Å². The normalized spacial score (nSPS) is 11.1. The second-order valence-electron chi connectivity index (χ2n) is 5.67. The first kappa shape index (κ1) is 16.2. The summed E-state index contributed by atoms with van der Waals surface area (Å²) in [6.07, 6.45) is 0. The van der Waals surface area contributed by atoms with Gasteiger partial charge in [-0.1, -0.05) is 26.8 Å². The maximum Gasteiger partial charge on any atom is 0.379 e. The van der Waals surface area contributed by atoms with Crippen molar-refractivity contribution >= 4 is 11.8 Å². The summed E-state index contributed by atoms with van der Waals surface area (Å²) in [4.78, 5) is 23.6. The van der Waals surface area contributed by atoms with E-state index in [1.165, 1.54) is 0 Å². The van der Waals surface area contributed by atoms with Crippen molar-refractivity contribution in [2.45, 2.75) is 40.0 Å². The Morgan fingerprint density at radius 1 is 1.20 bits per heavy atom. The fourth-order valence-corrected chi connectivity index (χ4v) is 1.99. The van der Waals surface area contributed by atoms with Gasteiger partial charge in [0.05, 0.1) is 13.7 Å². The molecular weight excluding hydrogens is 256 g/mol. The molecule has 0 N–H and O–H groups in total. The molecule has 1 aromatic rings. The molecular formula is C16H22O4. The first-order valence-corrected chi connectivity index (χ1v) is 6.63. The third-order valence-electron chi connectivity index (χ3n) is 3.06. The minimum absolute atomic E-state index is 0.110. The lowest BCUT2D eigenvalue weighted by Gasteiger charge is -2.23. The number of methoxy groups -OCH3 is 1. The number of ketones is 1. The van der Waals surface area contributed by atoms with Crippen LogP contribution in [-0.4, -0.2) is 25.5 Å². The number of aryl methyl sites for hydroxylation is 1. The molecule has 0 amide bonds. The van der Waals surface area contributed by atoms with Gasteiger partial charge in [-0.15, -0.1) is 0 Å². The Kier molecular flexibility index (Phi) is 4.93. The van der Waals surface area contributed by atoms with Gasteiger partial charge < -0.3 is 9.47 Å². The van der Waals surface area contributed by atoms with Crippen molar-refractivity contribution in [1.29, 1.82) is 0 Å². The second kappa shape index (κ2) is 6.07. The van der Waals surface area contributed by atoms with Gasteiger partial charge in [-0.3, -0.25) is 4.79 Å². The van der Waals surface area contributed by atoms with Crippen LogP contribution in [0.1, 0.15) is 49.2 Å². The van der Waals surface area contributed by atoms with Gasteiger partial charge in [0.2, 0.25) is 0 Å². The van der Waals surface area contributed by atoms with Gasteiger partial charge in [-0.2, -0.15) is 0 Å². The zero-order valence-electron chi connectivity index (χ0n) is 13.0. The van der Waals surface area contributed by atoms with E-state index in [0.29, 0.717) is 11.3 Å². The van der Waals surface area contributed by atoms with E-state index in [1.807, 2.05) is 6.07 Å². The Morgan fingerprint density at radius 3 is 2.25 bits per heavy atom. The van der Waals surface area contributed by atoms with E-state index in [1.54, 1.807) is 27.0 Å². The van der Waals surface area contributed by atoms with Crippen LogP contribution in [-0.2, 0) is 14.9 Å². The molecule has 4 heteroatoms. The highest BCUT2D eigenvalue weighted by molar-refractivity contribution is 6.41.